The molecule has 3 rings (SSSR count). The molecule has 27 heavy (non-hydrogen) atoms. The van der Waals surface area contributed by atoms with Crippen LogP contribution in [0, 0.1) is 18.8 Å². The van der Waals surface area contributed by atoms with E-state index in [1.165, 1.54) is 0 Å². The third kappa shape index (κ3) is 4.48. The van der Waals surface area contributed by atoms with E-state index < -0.39 is 0 Å². The van der Waals surface area contributed by atoms with E-state index in [0.29, 0.717) is 23.1 Å². The standard InChI is InChI=1S/C22H29N3O2/c1-15-6-5-7-18(21(15)27-2)22(26)25-20(19-8-3-4-13-24-19)17-11-9-16(14-23)10-12-17/h3-8,13,16-17,20H,9-12,14,23H2,1-2H3,(H,25,26)/t16?,17?,20-/m1/s1. The Morgan fingerprint density at radius 1 is 1.22 bits per heavy atom. The van der Waals surface area contributed by atoms with Crippen LogP contribution in [0.4, 0.5) is 0 Å². The quantitative estimate of drug-likeness (QED) is 0.817. The highest BCUT2D eigenvalue weighted by Crippen LogP contribution is 2.36. The molecule has 0 aliphatic heterocycles. The monoisotopic (exact) mass is 367 g/mol. The Balaban J connectivity index is 1.84. The first-order chi connectivity index (χ1) is 13.1. The highest BCUT2D eigenvalue weighted by Gasteiger charge is 2.31. The molecule has 5 heteroatoms. The summed E-state index contributed by atoms with van der Waals surface area (Å²) in [6, 6.07) is 11.4. The number of aromatic nitrogens is 1. The van der Waals surface area contributed by atoms with Gasteiger partial charge < -0.3 is 15.8 Å². The van der Waals surface area contributed by atoms with E-state index in [0.717, 1.165) is 43.5 Å². The van der Waals surface area contributed by atoms with Gasteiger partial charge in [-0.2, -0.15) is 0 Å². The number of carbonyl (C=O) groups is 1. The summed E-state index contributed by atoms with van der Waals surface area (Å²) in [5, 5.41) is 3.24. The molecule has 1 saturated carbocycles. The van der Waals surface area contributed by atoms with Crippen LogP contribution in [0.3, 0.4) is 0 Å². The van der Waals surface area contributed by atoms with Gasteiger partial charge in [0, 0.05) is 6.20 Å². The molecule has 0 bridgehead atoms. The van der Waals surface area contributed by atoms with Gasteiger partial charge in [-0.3, -0.25) is 9.78 Å². The Morgan fingerprint density at radius 2 is 2.00 bits per heavy atom. The van der Waals surface area contributed by atoms with Crippen LogP contribution >= 0.6 is 0 Å². The Bertz CT molecular complexity index is 755. The second-order valence-corrected chi connectivity index (χ2v) is 7.38. The third-order valence-electron chi connectivity index (χ3n) is 5.65. The Kier molecular flexibility index (Phi) is 6.45. The summed E-state index contributed by atoms with van der Waals surface area (Å²) in [6.07, 6.45) is 6.10. The number of rotatable bonds is 6. The highest BCUT2D eigenvalue weighted by molar-refractivity contribution is 5.97. The van der Waals surface area contributed by atoms with Crippen molar-refractivity contribution >= 4 is 5.91 Å². The molecular formula is C22H29N3O2. The minimum absolute atomic E-state index is 0.109. The van der Waals surface area contributed by atoms with Crippen molar-refractivity contribution in [2.24, 2.45) is 17.6 Å². The average Bonchev–Trinajstić information content (AvgIpc) is 2.72. The van der Waals surface area contributed by atoms with Crippen LogP contribution in [-0.4, -0.2) is 24.5 Å². The van der Waals surface area contributed by atoms with Gasteiger partial charge in [0.1, 0.15) is 5.75 Å². The zero-order chi connectivity index (χ0) is 19.2. The number of aryl methyl sites for hydroxylation is 1. The first-order valence-electron chi connectivity index (χ1n) is 9.69. The van der Waals surface area contributed by atoms with E-state index in [2.05, 4.69) is 10.3 Å². The zero-order valence-electron chi connectivity index (χ0n) is 16.2. The van der Waals surface area contributed by atoms with E-state index in [1.54, 1.807) is 13.3 Å². The molecule has 1 aromatic heterocycles. The second kappa shape index (κ2) is 9.00. The Morgan fingerprint density at radius 3 is 2.63 bits per heavy atom. The maximum atomic E-state index is 13.1. The smallest absolute Gasteiger partial charge is 0.255 e. The first-order valence-corrected chi connectivity index (χ1v) is 9.69. The van der Waals surface area contributed by atoms with E-state index >= 15 is 0 Å². The summed E-state index contributed by atoms with van der Waals surface area (Å²) in [5.41, 5.74) is 8.26. The van der Waals surface area contributed by atoms with Crippen molar-refractivity contribution in [3.63, 3.8) is 0 Å². The van der Waals surface area contributed by atoms with Crippen molar-refractivity contribution in [1.29, 1.82) is 0 Å². The van der Waals surface area contributed by atoms with Crippen LogP contribution in [-0.2, 0) is 0 Å². The van der Waals surface area contributed by atoms with Gasteiger partial charge in [-0.25, -0.2) is 0 Å². The van der Waals surface area contributed by atoms with E-state index in [9.17, 15) is 4.79 Å². The van der Waals surface area contributed by atoms with Gasteiger partial charge in [-0.15, -0.1) is 0 Å². The molecule has 1 aromatic carbocycles. The fraction of sp³-hybridized carbons (Fsp3) is 0.455. The number of hydrogen-bond donors (Lipinski definition) is 2. The van der Waals surface area contributed by atoms with Gasteiger partial charge in [-0.05, 0) is 74.8 Å². The molecule has 1 amide bonds. The molecule has 1 atom stereocenters. The molecular weight excluding hydrogens is 338 g/mol. The summed E-state index contributed by atoms with van der Waals surface area (Å²) < 4.78 is 5.47. The molecule has 2 aromatic rings. The van der Waals surface area contributed by atoms with Crippen molar-refractivity contribution in [3.8, 4) is 5.75 Å². The molecule has 1 aliphatic rings. The molecule has 1 heterocycles. The molecule has 144 valence electrons. The lowest BCUT2D eigenvalue weighted by atomic mass is 9.77. The van der Waals surface area contributed by atoms with Crippen molar-refractivity contribution in [1.82, 2.24) is 10.3 Å². The highest BCUT2D eigenvalue weighted by atomic mass is 16.5. The van der Waals surface area contributed by atoms with Crippen LogP contribution in [0.25, 0.3) is 0 Å². The topological polar surface area (TPSA) is 77.2 Å². The number of amides is 1. The average molecular weight is 367 g/mol. The number of nitrogens with one attached hydrogen (secondary N) is 1. The summed E-state index contributed by atoms with van der Waals surface area (Å²) >= 11 is 0. The third-order valence-corrected chi connectivity index (χ3v) is 5.65. The minimum Gasteiger partial charge on any atom is -0.496 e. The maximum Gasteiger partial charge on any atom is 0.255 e. The number of methoxy groups -OCH3 is 1. The predicted molar refractivity (Wildman–Crippen MR) is 107 cm³/mol. The molecule has 1 aliphatic carbocycles. The van der Waals surface area contributed by atoms with Crippen molar-refractivity contribution in [2.75, 3.05) is 13.7 Å². The van der Waals surface area contributed by atoms with Crippen LogP contribution < -0.4 is 15.8 Å². The van der Waals surface area contributed by atoms with Gasteiger partial charge >= 0.3 is 0 Å². The largest absolute Gasteiger partial charge is 0.496 e. The lowest BCUT2D eigenvalue weighted by Crippen LogP contribution is -2.36. The summed E-state index contributed by atoms with van der Waals surface area (Å²) in [5.74, 6) is 1.47. The van der Waals surface area contributed by atoms with Gasteiger partial charge in [-0.1, -0.05) is 18.2 Å². The molecule has 1 fully saturated rings. The Hall–Kier alpha value is -2.40. The summed E-state index contributed by atoms with van der Waals surface area (Å²) in [4.78, 5) is 17.6. The minimum atomic E-state index is -0.118. The second-order valence-electron chi connectivity index (χ2n) is 7.38. The van der Waals surface area contributed by atoms with E-state index in [4.69, 9.17) is 10.5 Å². The number of nitrogens with two attached hydrogens (primary N) is 1. The summed E-state index contributed by atoms with van der Waals surface area (Å²) in [7, 11) is 1.60. The number of hydrogen-bond acceptors (Lipinski definition) is 4. The van der Waals surface area contributed by atoms with Crippen LogP contribution in [0.5, 0.6) is 5.75 Å². The van der Waals surface area contributed by atoms with Gasteiger partial charge in [0.2, 0.25) is 0 Å². The van der Waals surface area contributed by atoms with Crippen LogP contribution in [0.2, 0.25) is 0 Å². The van der Waals surface area contributed by atoms with E-state index in [1.807, 2.05) is 43.3 Å². The number of para-hydroxylation sites is 1. The normalized spacial score (nSPS) is 20.7. The Labute approximate surface area is 161 Å². The van der Waals surface area contributed by atoms with Gasteiger partial charge in [0.15, 0.2) is 0 Å². The molecule has 0 saturated heterocycles. The molecule has 5 nitrogen and oxygen atoms in total. The van der Waals surface area contributed by atoms with Crippen molar-refractivity contribution in [2.45, 2.75) is 38.6 Å². The lowest BCUT2D eigenvalue weighted by Gasteiger charge is -2.33. The fourth-order valence-electron chi connectivity index (χ4n) is 4.07. The SMILES string of the molecule is COc1c(C)cccc1C(=O)N[C@@H](c1ccccn1)C1CCC(CN)CC1. The van der Waals surface area contributed by atoms with Crippen molar-refractivity contribution in [3.05, 3.63) is 59.4 Å². The molecule has 0 spiro atoms. The first kappa shape index (κ1) is 19.4. The lowest BCUT2D eigenvalue weighted by molar-refractivity contribution is 0.0902. The number of pyridine rings is 1. The van der Waals surface area contributed by atoms with Gasteiger partial charge in [0.25, 0.3) is 5.91 Å². The number of benzene rings is 1. The number of carbonyl (C=O) groups excluding carboxylic acids is 1. The van der Waals surface area contributed by atoms with Crippen molar-refractivity contribution < 1.29 is 9.53 Å². The number of nitrogens with zero attached hydrogens (tertiary/aromatic N) is 1. The molecule has 0 radical (unpaired) electrons. The number of ether oxygens (including phenoxy) is 1. The van der Waals surface area contributed by atoms with Crippen LogP contribution in [0.15, 0.2) is 42.6 Å². The fourth-order valence-corrected chi connectivity index (χ4v) is 4.07. The van der Waals surface area contributed by atoms with E-state index in [-0.39, 0.29) is 11.9 Å². The molecule has 3 N–H and O–H groups in total. The van der Waals surface area contributed by atoms with Crippen LogP contribution in [0.1, 0.15) is 53.3 Å². The zero-order valence-corrected chi connectivity index (χ0v) is 16.2. The van der Waals surface area contributed by atoms with Gasteiger partial charge in [0.05, 0.1) is 24.4 Å². The molecule has 0 unspecified atom stereocenters. The summed E-state index contributed by atoms with van der Waals surface area (Å²) in [6.45, 7) is 2.69. The predicted octanol–water partition coefficient (Wildman–Crippen LogP) is 3.63. The maximum absolute atomic E-state index is 13.1.